The predicted octanol–water partition coefficient (Wildman–Crippen LogP) is 3.10. The van der Waals surface area contributed by atoms with Crippen molar-refractivity contribution in [1.82, 2.24) is 24.8 Å². The molecule has 1 N–H and O–H groups in total. The summed E-state index contributed by atoms with van der Waals surface area (Å²) < 4.78 is 6.96. The largest absolute Gasteiger partial charge is 0.361 e. The first-order valence-electron chi connectivity index (χ1n) is 8.41. The number of hydrogen-bond acceptors (Lipinski definition) is 5. The number of aryl methyl sites for hydroxylation is 3. The number of amides is 2. The maximum atomic E-state index is 12.7. The van der Waals surface area contributed by atoms with Gasteiger partial charge in [-0.1, -0.05) is 18.1 Å². The Hall–Kier alpha value is -3.16. The third-order valence-electron chi connectivity index (χ3n) is 4.36. The average Bonchev–Trinajstić information content (AvgIpc) is 3.27. The lowest BCUT2D eigenvalue weighted by Crippen LogP contribution is -2.31. The van der Waals surface area contributed by atoms with Crippen molar-refractivity contribution < 1.29 is 9.32 Å². The van der Waals surface area contributed by atoms with Crippen LogP contribution in [0.1, 0.15) is 29.5 Å². The number of nitrogens with one attached hydrogen (secondary N) is 1. The number of nitrogens with zero attached hydrogens (tertiary/aromatic N) is 5. The van der Waals surface area contributed by atoms with Crippen LogP contribution in [-0.4, -0.2) is 37.9 Å². The van der Waals surface area contributed by atoms with Crippen LogP contribution in [0.3, 0.4) is 0 Å². The fourth-order valence-corrected chi connectivity index (χ4v) is 2.73. The lowest BCUT2D eigenvalue weighted by Gasteiger charge is -2.19. The van der Waals surface area contributed by atoms with Gasteiger partial charge in [0, 0.05) is 18.3 Å². The number of carbonyl (C=O) groups is 1. The SMILES string of the molecule is CCc1ccc(-n2cnnc2)cc1NC(=O)N(C)Cc1c(C)noc1C. The molecule has 0 aliphatic rings. The zero-order valence-corrected chi connectivity index (χ0v) is 15.4. The fraction of sp³-hybridized carbons (Fsp3) is 0.333. The third kappa shape index (κ3) is 3.58. The number of benzene rings is 1. The normalized spacial score (nSPS) is 10.8. The lowest BCUT2D eigenvalue weighted by atomic mass is 10.1. The molecule has 0 radical (unpaired) electrons. The minimum absolute atomic E-state index is 0.194. The summed E-state index contributed by atoms with van der Waals surface area (Å²) in [5.74, 6) is 0.728. The van der Waals surface area contributed by atoms with Crippen LogP contribution in [-0.2, 0) is 13.0 Å². The zero-order chi connectivity index (χ0) is 18.7. The Morgan fingerprint density at radius 3 is 2.62 bits per heavy atom. The fourth-order valence-electron chi connectivity index (χ4n) is 2.73. The summed E-state index contributed by atoms with van der Waals surface area (Å²) in [5.41, 5.74) is 4.44. The van der Waals surface area contributed by atoms with Gasteiger partial charge in [-0.2, -0.15) is 0 Å². The van der Waals surface area contributed by atoms with E-state index >= 15 is 0 Å². The van der Waals surface area contributed by atoms with Gasteiger partial charge in [0.15, 0.2) is 0 Å². The number of hydrogen-bond donors (Lipinski definition) is 1. The molecule has 8 heteroatoms. The quantitative estimate of drug-likeness (QED) is 0.760. The van der Waals surface area contributed by atoms with Crippen LogP contribution in [0, 0.1) is 13.8 Å². The molecule has 3 aromatic rings. The van der Waals surface area contributed by atoms with Crippen LogP contribution >= 0.6 is 0 Å². The summed E-state index contributed by atoms with van der Waals surface area (Å²) in [5, 5.41) is 14.6. The van der Waals surface area contributed by atoms with E-state index in [4.69, 9.17) is 4.52 Å². The van der Waals surface area contributed by atoms with Gasteiger partial charge in [-0.05, 0) is 38.0 Å². The van der Waals surface area contributed by atoms with Crippen LogP contribution in [0.4, 0.5) is 10.5 Å². The molecular weight excluding hydrogens is 332 g/mol. The number of anilines is 1. The molecule has 0 fully saturated rings. The third-order valence-corrected chi connectivity index (χ3v) is 4.36. The highest BCUT2D eigenvalue weighted by Crippen LogP contribution is 2.22. The summed E-state index contributed by atoms with van der Waals surface area (Å²) in [6.45, 7) is 6.20. The van der Waals surface area contributed by atoms with Crippen molar-refractivity contribution in [3.05, 3.63) is 53.4 Å². The molecule has 0 saturated heterocycles. The molecule has 3 rings (SSSR count). The molecule has 0 saturated carbocycles. The van der Waals surface area contributed by atoms with E-state index in [1.54, 1.807) is 29.2 Å². The first-order chi connectivity index (χ1) is 12.5. The Morgan fingerprint density at radius 1 is 1.27 bits per heavy atom. The second-order valence-electron chi connectivity index (χ2n) is 6.15. The molecule has 1 aromatic carbocycles. The molecule has 0 unspecified atom stereocenters. The van der Waals surface area contributed by atoms with Gasteiger partial charge in [0.2, 0.25) is 0 Å². The van der Waals surface area contributed by atoms with Crippen molar-refractivity contribution in [3.8, 4) is 5.69 Å². The van der Waals surface area contributed by atoms with Crippen molar-refractivity contribution in [2.45, 2.75) is 33.7 Å². The predicted molar refractivity (Wildman–Crippen MR) is 97.2 cm³/mol. The van der Waals surface area contributed by atoms with Crippen LogP contribution in [0.25, 0.3) is 5.69 Å². The van der Waals surface area contributed by atoms with Crippen LogP contribution in [0.15, 0.2) is 35.4 Å². The molecular formula is C18H22N6O2. The van der Waals surface area contributed by atoms with Gasteiger partial charge in [0.05, 0.1) is 17.9 Å². The smallest absolute Gasteiger partial charge is 0.321 e. The van der Waals surface area contributed by atoms with Gasteiger partial charge in [0.25, 0.3) is 0 Å². The summed E-state index contributed by atoms with van der Waals surface area (Å²) in [6, 6.07) is 5.70. The Labute approximate surface area is 151 Å². The molecule has 0 aliphatic carbocycles. The number of urea groups is 1. The molecule has 26 heavy (non-hydrogen) atoms. The molecule has 0 spiro atoms. The summed E-state index contributed by atoms with van der Waals surface area (Å²) >= 11 is 0. The van der Waals surface area contributed by atoms with Crippen molar-refractivity contribution >= 4 is 11.7 Å². The van der Waals surface area contributed by atoms with Crippen molar-refractivity contribution in [2.75, 3.05) is 12.4 Å². The Kier molecular flexibility index (Phi) is 5.01. The van der Waals surface area contributed by atoms with Gasteiger partial charge < -0.3 is 14.7 Å². The van der Waals surface area contributed by atoms with Gasteiger partial charge in [-0.25, -0.2) is 4.79 Å². The molecule has 8 nitrogen and oxygen atoms in total. The first kappa shape index (κ1) is 17.7. The molecule has 2 heterocycles. The zero-order valence-electron chi connectivity index (χ0n) is 15.4. The van der Waals surface area contributed by atoms with Crippen LogP contribution < -0.4 is 5.32 Å². The van der Waals surface area contributed by atoms with E-state index < -0.39 is 0 Å². The second kappa shape index (κ2) is 7.38. The van der Waals surface area contributed by atoms with E-state index in [9.17, 15) is 4.79 Å². The highest BCUT2D eigenvalue weighted by atomic mass is 16.5. The maximum absolute atomic E-state index is 12.7. The minimum atomic E-state index is -0.194. The average molecular weight is 354 g/mol. The topological polar surface area (TPSA) is 89.1 Å². The van der Waals surface area contributed by atoms with E-state index in [-0.39, 0.29) is 6.03 Å². The van der Waals surface area contributed by atoms with Crippen molar-refractivity contribution in [1.29, 1.82) is 0 Å². The van der Waals surface area contributed by atoms with E-state index in [0.717, 1.165) is 40.4 Å². The molecule has 0 aliphatic heterocycles. The van der Waals surface area contributed by atoms with Crippen molar-refractivity contribution in [3.63, 3.8) is 0 Å². The minimum Gasteiger partial charge on any atom is -0.361 e. The Balaban J connectivity index is 1.78. The van der Waals surface area contributed by atoms with E-state index in [2.05, 4.69) is 27.6 Å². The highest BCUT2D eigenvalue weighted by Gasteiger charge is 2.16. The molecule has 0 bridgehead atoms. The van der Waals surface area contributed by atoms with Gasteiger partial charge in [0.1, 0.15) is 18.4 Å². The Morgan fingerprint density at radius 2 is 2.00 bits per heavy atom. The van der Waals surface area contributed by atoms with Gasteiger partial charge >= 0.3 is 6.03 Å². The molecule has 2 amide bonds. The van der Waals surface area contributed by atoms with Gasteiger partial charge in [-0.15, -0.1) is 10.2 Å². The number of aromatic nitrogens is 4. The van der Waals surface area contributed by atoms with Crippen LogP contribution in [0.2, 0.25) is 0 Å². The Bertz CT molecular complexity index is 881. The van der Waals surface area contributed by atoms with E-state index in [0.29, 0.717) is 6.54 Å². The monoisotopic (exact) mass is 354 g/mol. The molecule has 136 valence electrons. The maximum Gasteiger partial charge on any atom is 0.321 e. The number of rotatable bonds is 5. The first-order valence-corrected chi connectivity index (χ1v) is 8.41. The molecule has 2 aromatic heterocycles. The lowest BCUT2D eigenvalue weighted by molar-refractivity contribution is 0.220. The van der Waals surface area contributed by atoms with Gasteiger partial charge in [-0.3, -0.25) is 4.57 Å². The van der Waals surface area contributed by atoms with Crippen molar-refractivity contribution in [2.24, 2.45) is 0 Å². The number of carbonyl (C=O) groups excluding carboxylic acids is 1. The summed E-state index contributed by atoms with van der Waals surface area (Å²) in [4.78, 5) is 14.3. The summed E-state index contributed by atoms with van der Waals surface area (Å²) in [6.07, 6.45) is 4.05. The highest BCUT2D eigenvalue weighted by molar-refractivity contribution is 5.90. The van der Waals surface area contributed by atoms with E-state index in [1.807, 2.05) is 32.0 Å². The second-order valence-corrected chi connectivity index (χ2v) is 6.15. The standard InChI is InChI=1S/C18H22N6O2/c1-5-14-6-7-15(24-10-19-20-11-24)8-17(14)21-18(25)23(4)9-16-12(2)22-26-13(16)3/h6-8,10-11H,5,9H2,1-4H3,(H,21,25). The summed E-state index contributed by atoms with van der Waals surface area (Å²) in [7, 11) is 1.75. The van der Waals surface area contributed by atoms with E-state index in [1.165, 1.54) is 0 Å². The molecule has 0 atom stereocenters. The van der Waals surface area contributed by atoms with Crippen LogP contribution in [0.5, 0.6) is 0 Å².